The Bertz CT molecular complexity index is 1710. The highest BCUT2D eigenvalue weighted by Gasteiger charge is 2.36. The molecule has 1 aliphatic heterocycles. The Morgan fingerprint density at radius 1 is 1.31 bits per heavy atom. The predicted octanol–water partition coefficient (Wildman–Crippen LogP) is 4.92. The van der Waals surface area contributed by atoms with Gasteiger partial charge in [-0.15, -0.1) is 0 Å². The van der Waals surface area contributed by atoms with Gasteiger partial charge in [-0.05, 0) is 52.7 Å². The molecule has 0 saturated carbocycles. The molecular weight excluding hydrogens is 659 g/mol. The van der Waals surface area contributed by atoms with Crippen LogP contribution in [0.3, 0.4) is 0 Å². The molecule has 0 fully saturated rings. The van der Waals surface area contributed by atoms with Crippen molar-refractivity contribution in [2.24, 2.45) is 4.99 Å². The Morgan fingerprint density at radius 2 is 2.08 bits per heavy atom. The number of thiazole rings is 1. The van der Waals surface area contributed by atoms with Crippen molar-refractivity contribution in [1.82, 2.24) is 4.57 Å². The summed E-state index contributed by atoms with van der Waals surface area (Å²) in [7, 11) is 1.58. The van der Waals surface area contributed by atoms with Gasteiger partial charge in [0.05, 0.1) is 34.0 Å². The number of hydrogen-bond donors (Lipinski definition) is 0. The Morgan fingerprint density at radius 3 is 2.78 bits per heavy atom. The monoisotopic (exact) mass is 678 g/mol. The molecule has 1 aliphatic rings. The van der Waals surface area contributed by atoms with E-state index < -0.39 is 12.0 Å². The molecule has 36 heavy (non-hydrogen) atoms. The van der Waals surface area contributed by atoms with Gasteiger partial charge in [0.1, 0.15) is 17.6 Å². The van der Waals surface area contributed by atoms with Gasteiger partial charge in [0.15, 0.2) is 8.57 Å². The average Bonchev–Trinajstić information content (AvgIpc) is 3.34. The number of carbonyl (C=O) groups excluding carboxylic acids is 1. The van der Waals surface area contributed by atoms with Crippen LogP contribution in [0.1, 0.15) is 31.2 Å². The first kappa shape index (κ1) is 25.0. The van der Waals surface area contributed by atoms with Crippen LogP contribution in [0.25, 0.3) is 16.8 Å². The van der Waals surface area contributed by atoms with E-state index in [2.05, 4.69) is 43.5 Å². The summed E-state index contributed by atoms with van der Waals surface area (Å²) in [4.78, 5) is 32.3. The normalized spacial score (nSPS) is 15.7. The van der Waals surface area contributed by atoms with Crippen LogP contribution < -0.4 is 19.6 Å². The lowest BCUT2D eigenvalue weighted by molar-refractivity contribution is -0.139. The third-order valence-corrected chi connectivity index (χ3v) is 8.99. The third kappa shape index (κ3) is 4.24. The topological polar surface area (TPSA) is 83.0 Å². The lowest BCUT2D eigenvalue weighted by atomic mass is 9.90. The molecule has 10 heteroatoms. The molecule has 7 nitrogen and oxygen atoms in total. The molecule has 0 N–H and O–H groups in total. The summed E-state index contributed by atoms with van der Waals surface area (Å²) >= 11 is 6.76. The third-order valence-electron chi connectivity index (χ3n) is 5.88. The Kier molecular flexibility index (Phi) is 6.92. The number of aromatic nitrogens is 1. The number of esters is 1. The highest BCUT2D eigenvalue weighted by molar-refractivity contribution is 14.1. The molecule has 2 aromatic heterocycles. The molecule has 0 aliphatic carbocycles. The summed E-state index contributed by atoms with van der Waals surface area (Å²) in [5.41, 5.74) is 1.23. The van der Waals surface area contributed by atoms with Gasteiger partial charge in [-0.1, -0.05) is 41.7 Å². The average molecular weight is 679 g/mol. The van der Waals surface area contributed by atoms with E-state index in [4.69, 9.17) is 13.9 Å². The van der Waals surface area contributed by atoms with Crippen LogP contribution >= 0.6 is 49.9 Å². The molecule has 4 aromatic rings. The van der Waals surface area contributed by atoms with Crippen molar-refractivity contribution in [3.05, 3.63) is 93.0 Å². The zero-order valence-electron chi connectivity index (χ0n) is 19.5. The molecule has 0 bridgehead atoms. The standard InChI is InChI=1S/C26H20BrIN2O5S/c1-4-34-25(32)20-13(2)29-26-30(24(31)19(36-26)12-15-11-17(27)23(28)35-15)22(20)21-16-8-6-5-7-14(16)9-10-18(21)33-3/h5-12,22H,4H2,1-3H3. The minimum absolute atomic E-state index is 0.200. The number of hydrogen-bond acceptors (Lipinski definition) is 7. The number of nitrogens with zero attached hydrogens (tertiary/aromatic N) is 2. The SMILES string of the molecule is CCOC(=O)C1=C(C)N=c2sc(=Cc3cc(Br)c(I)o3)c(=O)n2C1c1c(OC)ccc2ccccc12. The summed E-state index contributed by atoms with van der Waals surface area (Å²) in [6.07, 6.45) is 1.69. The molecule has 5 rings (SSSR count). The zero-order valence-corrected chi connectivity index (χ0v) is 24.1. The van der Waals surface area contributed by atoms with E-state index in [1.807, 2.05) is 36.4 Å². The van der Waals surface area contributed by atoms with Crippen LogP contribution in [0, 0.1) is 3.77 Å². The molecule has 1 atom stereocenters. The van der Waals surface area contributed by atoms with Gasteiger partial charge < -0.3 is 13.9 Å². The first-order chi connectivity index (χ1) is 17.3. The first-order valence-electron chi connectivity index (χ1n) is 11.0. The minimum atomic E-state index is -0.785. The van der Waals surface area contributed by atoms with Gasteiger partial charge in [-0.25, -0.2) is 9.79 Å². The molecule has 0 saturated heterocycles. The van der Waals surface area contributed by atoms with Crippen molar-refractivity contribution in [3.8, 4) is 5.75 Å². The second-order valence-corrected chi connectivity index (χ2v) is 10.8. The van der Waals surface area contributed by atoms with Crippen molar-refractivity contribution in [1.29, 1.82) is 0 Å². The van der Waals surface area contributed by atoms with Crippen molar-refractivity contribution in [2.75, 3.05) is 13.7 Å². The van der Waals surface area contributed by atoms with Crippen LogP contribution in [0.4, 0.5) is 0 Å². The van der Waals surface area contributed by atoms with Gasteiger partial charge in [0.2, 0.25) is 0 Å². The lowest BCUT2D eigenvalue weighted by Crippen LogP contribution is -2.40. The van der Waals surface area contributed by atoms with E-state index in [1.54, 1.807) is 37.7 Å². The highest BCUT2D eigenvalue weighted by Crippen LogP contribution is 2.40. The Balaban J connectivity index is 1.85. The van der Waals surface area contributed by atoms with Crippen molar-refractivity contribution >= 4 is 72.7 Å². The molecule has 0 radical (unpaired) electrons. The Labute approximate surface area is 232 Å². The van der Waals surface area contributed by atoms with Crippen LogP contribution in [0.2, 0.25) is 0 Å². The first-order valence-corrected chi connectivity index (χ1v) is 13.7. The molecule has 184 valence electrons. The molecular formula is C26H20BrIN2O5S. The second-order valence-electron chi connectivity index (χ2n) is 7.98. The van der Waals surface area contributed by atoms with Crippen LogP contribution in [-0.4, -0.2) is 24.3 Å². The van der Waals surface area contributed by atoms with Gasteiger partial charge in [0, 0.05) is 34.2 Å². The number of furan rings is 1. The number of benzene rings is 2. The fourth-order valence-corrected chi connectivity index (χ4v) is 6.11. The number of halogens is 2. The van der Waals surface area contributed by atoms with Crippen molar-refractivity contribution in [2.45, 2.75) is 19.9 Å². The summed E-state index contributed by atoms with van der Waals surface area (Å²) in [5, 5.41) is 1.83. The maximum Gasteiger partial charge on any atom is 0.338 e. The maximum absolute atomic E-state index is 13.9. The van der Waals surface area contributed by atoms with E-state index in [0.717, 1.165) is 15.2 Å². The minimum Gasteiger partial charge on any atom is -0.496 e. The highest BCUT2D eigenvalue weighted by atomic mass is 127. The van der Waals surface area contributed by atoms with E-state index in [-0.39, 0.29) is 12.2 Å². The van der Waals surface area contributed by atoms with Crippen molar-refractivity contribution in [3.63, 3.8) is 0 Å². The lowest BCUT2D eigenvalue weighted by Gasteiger charge is -2.27. The van der Waals surface area contributed by atoms with E-state index in [0.29, 0.717) is 41.4 Å². The number of fused-ring (bicyclic) bond motifs is 2. The number of carbonyl (C=O) groups is 1. The number of methoxy groups -OCH3 is 1. The van der Waals surface area contributed by atoms with Gasteiger partial charge in [0.25, 0.3) is 5.56 Å². The summed E-state index contributed by atoms with van der Waals surface area (Å²) in [6.45, 7) is 3.71. The summed E-state index contributed by atoms with van der Waals surface area (Å²) < 4.78 is 20.4. The fourth-order valence-electron chi connectivity index (χ4n) is 4.36. The fraction of sp³-hybridized carbons (Fsp3) is 0.192. The Hall–Kier alpha value is -2.70. The van der Waals surface area contributed by atoms with Gasteiger partial charge in [-0.3, -0.25) is 9.36 Å². The van der Waals surface area contributed by atoms with Crippen LogP contribution in [-0.2, 0) is 9.53 Å². The summed E-state index contributed by atoms with van der Waals surface area (Å²) in [6, 6.07) is 12.6. The van der Waals surface area contributed by atoms with Crippen molar-refractivity contribution < 1.29 is 18.7 Å². The maximum atomic E-state index is 13.9. The molecule has 1 unspecified atom stereocenters. The predicted molar refractivity (Wildman–Crippen MR) is 150 cm³/mol. The summed E-state index contributed by atoms with van der Waals surface area (Å²) in [5.74, 6) is 0.587. The van der Waals surface area contributed by atoms with E-state index in [9.17, 15) is 9.59 Å². The quantitative estimate of drug-likeness (QED) is 0.221. The zero-order chi connectivity index (χ0) is 25.6. The molecule has 2 aromatic carbocycles. The number of rotatable bonds is 5. The van der Waals surface area contributed by atoms with Gasteiger partial charge in [-0.2, -0.15) is 0 Å². The number of ether oxygens (including phenoxy) is 2. The largest absolute Gasteiger partial charge is 0.496 e. The molecule has 3 heterocycles. The van der Waals surface area contributed by atoms with Gasteiger partial charge >= 0.3 is 5.97 Å². The molecule has 0 spiro atoms. The smallest absolute Gasteiger partial charge is 0.338 e. The van der Waals surface area contributed by atoms with Crippen LogP contribution in [0.5, 0.6) is 5.75 Å². The number of allylic oxidation sites excluding steroid dienone is 1. The van der Waals surface area contributed by atoms with E-state index in [1.165, 1.54) is 11.3 Å². The second kappa shape index (κ2) is 9.98. The molecule has 0 amide bonds. The van der Waals surface area contributed by atoms with E-state index >= 15 is 0 Å². The van der Waals surface area contributed by atoms with Crippen LogP contribution in [0.15, 0.2) is 72.4 Å².